The quantitative estimate of drug-likeness (QED) is 0.734. The molecule has 0 aliphatic carbocycles. The van der Waals surface area contributed by atoms with E-state index in [0.717, 1.165) is 11.1 Å². The lowest BCUT2D eigenvalue weighted by Gasteiger charge is -2.17. The molecule has 0 saturated heterocycles. The number of esters is 1. The van der Waals surface area contributed by atoms with Gasteiger partial charge in [0.15, 0.2) is 0 Å². The maximum Gasteiger partial charge on any atom is 0.328 e. The molecule has 0 aliphatic heterocycles. The lowest BCUT2D eigenvalue weighted by atomic mass is 10.1. The molecule has 2 aromatic rings. The number of carbonyl (C=O) groups excluding carboxylic acids is 2. The Bertz CT molecular complexity index is 706. The summed E-state index contributed by atoms with van der Waals surface area (Å²) in [6.45, 7) is 0.173. The summed E-state index contributed by atoms with van der Waals surface area (Å²) in [6.07, 6.45) is 0.247. The summed E-state index contributed by atoms with van der Waals surface area (Å²) in [4.78, 5) is 24.0. The van der Waals surface area contributed by atoms with Gasteiger partial charge in [0, 0.05) is 11.4 Å². The van der Waals surface area contributed by atoms with Gasteiger partial charge in [0.2, 0.25) is 5.91 Å². The molecule has 0 saturated carbocycles. The van der Waals surface area contributed by atoms with Crippen LogP contribution >= 0.6 is 11.6 Å². The Morgan fingerprint density at radius 1 is 1.08 bits per heavy atom. The number of rotatable bonds is 8. The van der Waals surface area contributed by atoms with E-state index in [4.69, 9.17) is 21.1 Å². The van der Waals surface area contributed by atoms with Crippen molar-refractivity contribution < 1.29 is 19.1 Å². The number of benzene rings is 2. The van der Waals surface area contributed by atoms with E-state index in [2.05, 4.69) is 5.32 Å². The molecule has 1 atom stereocenters. The van der Waals surface area contributed by atoms with Gasteiger partial charge in [-0.2, -0.15) is 0 Å². The largest absolute Gasteiger partial charge is 0.467 e. The minimum Gasteiger partial charge on any atom is -0.467 e. The summed E-state index contributed by atoms with van der Waals surface area (Å²) >= 11 is 6.11. The molecule has 0 spiro atoms. The van der Waals surface area contributed by atoms with Crippen LogP contribution < -0.4 is 5.32 Å². The van der Waals surface area contributed by atoms with E-state index in [-0.39, 0.29) is 13.0 Å². The molecule has 0 bridgehead atoms. The zero-order chi connectivity index (χ0) is 18.1. The molecule has 2 rings (SSSR count). The molecule has 5 nitrogen and oxygen atoms in total. The highest BCUT2D eigenvalue weighted by atomic mass is 35.5. The molecular weight excluding hydrogens is 342 g/mol. The Labute approximate surface area is 151 Å². The van der Waals surface area contributed by atoms with Gasteiger partial charge in [-0.1, -0.05) is 60.1 Å². The standard InChI is InChI=1S/C19H20ClNO4/c1-24-19(23)17(11-15-9-5-6-10-16(15)20)21-18(22)13-25-12-14-7-3-2-4-8-14/h2-10,17H,11-13H2,1H3,(H,21,22)/t17-/m0/s1. The second-order valence-electron chi connectivity index (χ2n) is 5.42. The van der Waals surface area contributed by atoms with E-state index in [1.807, 2.05) is 36.4 Å². The molecule has 0 radical (unpaired) electrons. The smallest absolute Gasteiger partial charge is 0.328 e. The average molecular weight is 362 g/mol. The summed E-state index contributed by atoms with van der Waals surface area (Å²) < 4.78 is 10.1. The van der Waals surface area contributed by atoms with Crippen LogP contribution in [-0.2, 0) is 32.1 Å². The van der Waals surface area contributed by atoms with Crippen molar-refractivity contribution in [3.05, 3.63) is 70.7 Å². The van der Waals surface area contributed by atoms with Crippen LogP contribution in [0.2, 0.25) is 5.02 Å². The first-order chi connectivity index (χ1) is 12.1. The molecule has 0 aromatic heterocycles. The van der Waals surface area contributed by atoms with Crippen LogP contribution in [0.1, 0.15) is 11.1 Å². The molecule has 1 N–H and O–H groups in total. The van der Waals surface area contributed by atoms with Gasteiger partial charge in [-0.3, -0.25) is 4.79 Å². The zero-order valence-electron chi connectivity index (χ0n) is 13.9. The third kappa shape index (κ3) is 6.21. The molecule has 1 amide bonds. The zero-order valence-corrected chi connectivity index (χ0v) is 14.7. The van der Waals surface area contributed by atoms with Crippen molar-refractivity contribution in [3.63, 3.8) is 0 Å². The first-order valence-electron chi connectivity index (χ1n) is 7.82. The minimum atomic E-state index is -0.822. The number of halogens is 1. The Morgan fingerprint density at radius 3 is 2.44 bits per heavy atom. The summed E-state index contributed by atoms with van der Waals surface area (Å²) in [5, 5.41) is 3.17. The van der Waals surface area contributed by atoms with Gasteiger partial charge >= 0.3 is 5.97 Å². The summed E-state index contributed by atoms with van der Waals surface area (Å²) in [7, 11) is 1.28. The van der Waals surface area contributed by atoms with E-state index in [0.29, 0.717) is 11.6 Å². The summed E-state index contributed by atoms with van der Waals surface area (Å²) in [5.74, 6) is -0.922. The highest BCUT2D eigenvalue weighted by Gasteiger charge is 2.22. The molecule has 132 valence electrons. The van der Waals surface area contributed by atoms with Crippen LogP contribution in [0.15, 0.2) is 54.6 Å². The Balaban J connectivity index is 1.89. The van der Waals surface area contributed by atoms with Crippen molar-refractivity contribution in [1.82, 2.24) is 5.32 Å². The monoisotopic (exact) mass is 361 g/mol. The number of carbonyl (C=O) groups is 2. The summed E-state index contributed by atoms with van der Waals surface area (Å²) in [6, 6.07) is 15.9. The van der Waals surface area contributed by atoms with Crippen molar-refractivity contribution >= 4 is 23.5 Å². The molecule has 2 aromatic carbocycles. The maximum absolute atomic E-state index is 12.1. The molecule has 0 unspecified atom stereocenters. The fraction of sp³-hybridized carbons (Fsp3) is 0.263. The van der Waals surface area contributed by atoms with Crippen molar-refractivity contribution in [2.75, 3.05) is 13.7 Å². The first kappa shape index (κ1) is 19.0. The van der Waals surface area contributed by atoms with Crippen molar-refractivity contribution in [2.45, 2.75) is 19.1 Å². The second-order valence-corrected chi connectivity index (χ2v) is 5.82. The lowest BCUT2D eigenvalue weighted by Crippen LogP contribution is -2.44. The number of hydrogen-bond donors (Lipinski definition) is 1. The van der Waals surface area contributed by atoms with Crippen molar-refractivity contribution in [2.24, 2.45) is 0 Å². The van der Waals surface area contributed by atoms with Crippen LogP contribution in [0.25, 0.3) is 0 Å². The highest BCUT2D eigenvalue weighted by Crippen LogP contribution is 2.17. The molecule has 0 heterocycles. The van der Waals surface area contributed by atoms with Gasteiger partial charge in [-0.15, -0.1) is 0 Å². The van der Waals surface area contributed by atoms with Gasteiger partial charge in [0.25, 0.3) is 0 Å². The van der Waals surface area contributed by atoms with Crippen molar-refractivity contribution in [1.29, 1.82) is 0 Å². The summed E-state index contributed by atoms with van der Waals surface area (Å²) in [5.41, 5.74) is 1.72. The van der Waals surface area contributed by atoms with Crippen LogP contribution in [-0.4, -0.2) is 31.6 Å². The Kier molecular flexibility index (Phi) is 7.44. The van der Waals surface area contributed by atoms with Gasteiger partial charge in [0.1, 0.15) is 12.6 Å². The minimum absolute atomic E-state index is 0.148. The topological polar surface area (TPSA) is 64.6 Å². The van der Waals surface area contributed by atoms with Crippen LogP contribution in [0.5, 0.6) is 0 Å². The van der Waals surface area contributed by atoms with E-state index < -0.39 is 17.9 Å². The highest BCUT2D eigenvalue weighted by molar-refractivity contribution is 6.31. The van der Waals surface area contributed by atoms with Gasteiger partial charge in [-0.05, 0) is 17.2 Å². The number of amides is 1. The number of nitrogens with one attached hydrogen (secondary N) is 1. The molecular formula is C19H20ClNO4. The number of ether oxygens (including phenoxy) is 2. The predicted octanol–water partition coefficient (Wildman–Crippen LogP) is 2.76. The van der Waals surface area contributed by atoms with E-state index in [1.165, 1.54) is 7.11 Å². The number of hydrogen-bond acceptors (Lipinski definition) is 4. The van der Waals surface area contributed by atoms with Gasteiger partial charge in [0.05, 0.1) is 13.7 Å². The third-order valence-electron chi connectivity index (χ3n) is 3.55. The molecule has 6 heteroatoms. The molecule has 0 aliphatic rings. The van der Waals surface area contributed by atoms with Crippen molar-refractivity contribution in [3.8, 4) is 0 Å². The number of methoxy groups -OCH3 is 1. The maximum atomic E-state index is 12.1. The fourth-order valence-corrected chi connectivity index (χ4v) is 2.50. The molecule has 0 fully saturated rings. The van der Waals surface area contributed by atoms with Crippen LogP contribution in [0, 0.1) is 0 Å². The predicted molar refractivity (Wildman–Crippen MR) is 95.2 cm³/mol. The van der Waals surface area contributed by atoms with E-state index in [9.17, 15) is 9.59 Å². The first-order valence-corrected chi connectivity index (χ1v) is 8.20. The molecule has 25 heavy (non-hydrogen) atoms. The van der Waals surface area contributed by atoms with E-state index in [1.54, 1.807) is 18.2 Å². The second kappa shape index (κ2) is 9.81. The van der Waals surface area contributed by atoms with E-state index >= 15 is 0 Å². The van der Waals surface area contributed by atoms with Gasteiger partial charge < -0.3 is 14.8 Å². The average Bonchev–Trinajstić information content (AvgIpc) is 2.63. The fourth-order valence-electron chi connectivity index (χ4n) is 2.29. The third-order valence-corrected chi connectivity index (χ3v) is 3.92. The SMILES string of the molecule is COC(=O)[C@H](Cc1ccccc1Cl)NC(=O)COCc1ccccc1. The Hall–Kier alpha value is -2.37. The normalized spacial score (nSPS) is 11.6. The van der Waals surface area contributed by atoms with Crippen LogP contribution in [0.3, 0.4) is 0 Å². The van der Waals surface area contributed by atoms with Gasteiger partial charge in [-0.25, -0.2) is 4.79 Å². The lowest BCUT2D eigenvalue weighted by molar-refractivity contribution is -0.145. The Morgan fingerprint density at radius 2 is 1.76 bits per heavy atom. The van der Waals surface area contributed by atoms with Crippen LogP contribution in [0.4, 0.5) is 0 Å².